The fraction of sp³-hybridized carbons (Fsp3) is 1.00. The lowest BCUT2D eigenvalue weighted by molar-refractivity contribution is -0.284. The zero-order valence-electron chi connectivity index (χ0n) is 6.86. The molecule has 0 radical (unpaired) electrons. The highest BCUT2D eigenvalue weighted by molar-refractivity contribution is 7.86. The third-order valence-electron chi connectivity index (χ3n) is 1.44. The molecule has 0 rings (SSSR count). The number of alkyl halides is 6. The molecule has 0 aromatic carbocycles. The van der Waals surface area contributed by atoms with E-state index in [1.165, 1.54) is 0 Å². The zero-order chi connectivity index (χ0) is 12.5. The van der Waals surface area contributed by atoms with Gasteiger partial charge in [-0.15, -0.1) is 3.89 Å². The van der Waals surface area contributed by atoms with Crippen LogP contribution in [0.25, 0.3) is 0 Å². The summed E-state index contributed by atoms with van der Waals surface area (Å²) < 4.78 is 102. The van der Waals surface area contributed by atoms with Crippen LogP contribution in [0.3, 0.4) is 0 Å². The molecular formula is C5H5F7O2S. The summed E-state index contributed by atoms with van der Waals surface area (Å²) in [5.41, 5.74) is 0. The van der Waals surface area contributed by atoms with Gasteiger partial charge in [0.15, 0.2) is 5.92 Å². The van der Waals surface area contributed by atoms with Crippen molar-refractivity contribution in [2.45, 2.75) is 18.8 Å². The molecule has 0 saturated carbocycles. The molecule has 0 aromatic heterocycles. The third kappa shape index (κ3) is 5.80. The number of rotatable bonds is 3. The largest absolute Gasteiger partial charge is 0.400 e. The van der Waals surface area contributed by atoms with Gasteiger partial charge in [-0.1, -0.05) is 0 Å². The van der Waals surface area contributed by atoms with E-state index in [1.807, 2.05) is 0 Å². The zero-order valence-corrected chi connectivity index (χ0v) is 7.68. The van der Waals surface area contributed by atoms with Gasteiger partial charge in [0.1, 0.15) is 0 Å². The smallest absolute Gasteiger partial charge is 0.195 e. The fourth-order valence-corrected chi connectivity index (χ4v) is 1.29. The van der Waals surface area contributed by atoms with Crippen molar-refractivity contribution in [1.29, 1.82) is 0 Å². The van der Waals surface area contributed by atoms with Crippen LogP contribution in [0.1, 0.15) is 6.42 Å². The Labute approximate surface area is 80.3 Å². The maximum absolute atomic E-state index is 11.8. The Balaban J connectivity index is 4.71. The lowest BCUT2D eigenvalue weighted by Gasteiger charge is -2.21. The van der Waals surface area contributed by atoms with Gasteiger partial charge in [0.05, 0.1) is 5.75 Å². The van der Waals surface area contributed by atoms with Gasteiger partial charge >= 0.3 is 22.6 Å². The van der Waals surface area contributed by atoms with Crippen molar-refractivity contribution in [1.82, 2.24) is 0 Å². The van der Waals surface area contributed by atoms with E-state index < -0.39 is 40.7 Å². The van der Waals surface area contributed by atoms with Gasteiger partial charge in [-0.3, -0.25) is 0 Å². The van der Waals surface area contributed by atoms with Crippen molar-refractivity contribution < 1.29 is 38.6 Å². The molecule has 92 valence electrons. The summed E-state index contributed by atoms with van der Waals surface area (Å²) in [6.07, 6.45) is -13.1. The van der Waals surface area contributed by atoms with Crippen LogP contribution >= 0.6 is 0 Å². The Hall–Kier alpha value is -0.540. The van der Waals surface area contributed by atoms with E-state index >= 15 is 0 Å². The standard InChI is InChI=1S/C5H5F7O2S/c6-4(7,8)3(5(9,10)11)1-2-15(12,13)14/h3H,1-2H2. The van der Waals surface area contributed by atoms with E-state index in [0.29, 0.717) is 0 Å². The molecule has 0 aliphatic heterocycles. The van der Waals surface area contributed by atoms with Crippen LogP contribution in [0.4, 0.5) is 30.2 Å². The Bertz CT molecular complexity index is 286. The molecule has 0 aromatic rings. The van der Waals surface area contributed by atoms with E-state index in [9.17, 15) is 38.6 Å². The highest BCUT2D eigenvalue weighted by Gasteiger charge is 2.56. The summed E-state index contributed by atoms with van der Waals surface area (Å²) in [4.78, 5) is 0. The van der Waals surface area contributed by atoms with Crippen LogP contribution in [0.15, 0.2) is 0 Å². The quantitative estimate of drug-likeness (QED) is 0.578. The molecular weight excluding hydrogens is 257 g/mol. The SMILES string of the molecule is O=S(=O)(F)CCC(C(F)(F)F)C(F)(F)F. The summed E-state index contributed by atoms with van der Waals surface area (Å²) in [5, 5.41) is 0. The molecule has 2 nitrogen and oxygen atoms in total. The van der Waals surface area contributed by atoms with Crippen molar-refractivity contribution in [3.63, 3.8) is 0 Å². The summed E-state index contributed by atoms with van der Waals surface area (Å²) in [6.45, 7) is 0. The highest BCUT2D eigenvalue weighted by Crippen LogP contribution is 2.41. The maximum atomic E-state index is 11.8. The van der Waals surface area contributed by atoms with Gasteiger partial charge < -0.3 is 0 Å². The topological polar surface area (TPSA) is 34.1 Å². The third-order valence-corrected chi connectivity index (χ3v) is 2.16. The minimum absolute atomic E-state index is 1.81. The summed E-state index contributed by atoms with van der Waals surface area (Å²) in [6, 6.07) is 0. The van der Waals surface area contributed by atoms with Crippen LogP contribution < -0.4 is 0 Å². The first-order chi connectivity index (χ1) is 6.34. The van der Waals surface area contributed by atoms with Gasteiger partial charge in [0.25, 0.3) is 0 Å². The first-order valence-corrected chi connectivity index (χ1v) is 4.95. The molecule has 0 spiro atoms. The summed E-state index contributed by atoms with van der Waals surface area (Å²) in [5.74, 6) is -5.63. The summed E-state index contributed by atoms with van der Waals surface area (Å²) >= 11 is 0. The molecule has 15 heavy (non-hydrogen) atoms. The molecule has 0 unspecified atom stereocenters. The monoisotopic (exact) mass is 262 g/mol. The normalized spacial score (nSPS) is 14.7. The molecule has 0 atom stereocenters. The predicted octanol–water partition coefficient (Wildman–Crippen LogP) is 2.42. The summed E-state index contributed by atoms with van der Waals surface area (Å²) in [7, 11) is -5.34. The molecule has 0 amide bonds. The average Bonchev–Trinajstić information content (AvgIpc) is 1.75. The maximum Gasteiger partial charge on any atom is 0.400 e. The van der Waals surface area contributed by atoms with Crippen LogP contribution in [0, 0.1) is 5.92 Å². The van der Waals surface area contributed by atoms with E-state index in [0.717, 1.165) is 0 Å². The van der Waals surface area contributed by atoms with E-state index in [1.54, 1.807) is 0 Å². The molecule has 0 N–H and O–H groups in total. The highest BCUT2D eigenvalue weighted by atomic mass is 32.3. The van der Waals surface area contributed by atoms with Gasteiger partial charge in [0, 0.05) is 0 Å². The van der Waals surface area contributed by atoms with Crippen LogP contribution in [0.2, 0.25) is 0 Å². The number of hydrogen-bond acceptors (Lipinski definition) is 2. The van der Waals surface area contributed by atoms with Crippen molar-refractivity contribution >= 4 is 10.2 Å². The molecule has 0 aliphatic rings. The first kappa shape index (κ1) is 14.5. The van der Waals surface area contributed by atoms with E-state index in [2.05, 4.69) is 0 Å². The van der Waals surface area contributed by atoms with Gasteiger partial charge in [-0.05, 0) is 6.42 Å². The fourth-order valence-electron chi connectivity index (χ4n) is 0.772. The van der Waals surface area contributed by atoms with Gasteiger partial charge in [-0.25, -0.2) is 0 Å². The lowest BCUT2D eigenvalue weighted by Crippen LogP contribution is -2.37. The molecule has 0 fully saturated rings. The molecule has 10 heteroatoms. The van der Waals surface area contributed by atoms with Crippen molar-refractivity contribution in [2.24, 2.45) is 5.92 Å². The Morgan fingerprint density at radius 3 is 1.47 bits per heavy atom. The minimum atomic E-state index is -5.64. The van der Waals surface area contributed by atoms with Gasteiger partial charge in [0.2, 0.25) is 0 Å². The van der Waals surface area contributed by atoms with Crippen LogP contribution in [0.5, 0.6) is 0 Å². The van der Waals surface area contributed by atoms with Crippen LogP contribution in [-0.2, 0) is 10.2 Å². The van der Waals surface area contributed by atoms with Crippen molar-refractivity contribution in [3.05, 3.63) is 0 Å². The second-order valence-corrected chi connectivity index (χ2v) is 4.15. The molecule has 0 bridgehead atoms. The average molecular weight is 262 g/mol. The van der Waals surface area contributed by atoms with E-state index in [4.69, 9.17) is 0 Å². The van der Waals surface area contributed by atoms with Crippen LogP contribution in [-0.4, -0.2) is 26.5 Å². The van der Waals surface area contributed by atoms with Crippen molar-refractivity contribution in [2.75, 3.05) is 5.75 Å². The second kappa shape index (κ2) is 4.14. The molecule has 0 heterocycles. The Morgan fingerprint density at radius 1 is 0.933 bits per heavy atom. The Morgan fingerprint density at radius 2 is 1.27 bits per heavy atom. The Kier molecular flexibility index (Phi) is 3.99. The first-order valence-electron chi connectivity index (χ1n) is 3.40. The second-order valence-electron chi connectivity index (χ2n) is 2.67. The lowest BCUT2D eigenvalue weighted by atomic mass is 10.1. The van der Waals surface area contributed by atoms with E-state index in [-0.39, 0.29) is 0 Å². The molecule has 0 aliphatic carbocycles. The predicted molar refractivity (Wildman–Crippen MR) is 35.1 cm³/mol. The van der Waals surface area contributed by atoms with Crippen molar-refractivity contribution in [3.8, 4) is 0 Å². The molecule has 0 saturated heterocycles. The minimum Gasteiger partial charge on any atom is -0.195 e. The number of hydrogen-bond donors (Lipinski definition) is 0. The van der Waals surface area contributed by atoms with Gasteiger partial charge in [-0.2, -0.15) is 34.8 Å². The number of halogens is 7.